The summed E-state index contributed by atoms with van der Waals surface area (Å²) >= 11 is 0. The minimum Gasteiger partial charge on any atom is -0.341 e. The van der Waals surface area contributed by atoms with Gasteiger partial charge in [-0.2, -0.15) is 4.98 Å². The standard InChI is InChI=1S/C20H24N6O/c1-13-3-2-4-15(11-13)23-18-17-16(5-8-22-19(17)27)24-20(25-18)26-9-6-14(12-21)7-10-26/h2-5,8,11,14H,6-7,9-10,12,21H2,1H3,(H,22,27)(H,23,24,25). The topological polar surface area (TPSA) is 99.9 Å². The molecule has 3 aromatic rings. The molecular weight excluding hydrogens is 340 g/mol. The average molecular weight is 364 g/mol. The number of rotatable bonds is 4. The van der Waals surface area contributed by atoms with Crippen LogP contribution in [0, 0.1) is 12.8 Å². The first-order valence-corrected chi connectivity index (χ1v) is 9.32. The van der Waals surface area contributed by atoms with Gasteiger partial charge in [0.25, 0.3) is 5.56 Å². The third-order valence-corrected chi connectivity index (χ3v) is 5.12. The number of nitrogens with zero attached hydrogens (tertiary/aromatic N) is 3. The number of benzene rings is 1. The maximum atomic E-state index is 12.4. The molecule has 1 aliphatic rings. The van der Waals surface area contributed by atoms with Crippen LogP contribution in [0.2, 0.25) is 0 Å². The van der Waals surface area contributed by atoms with Crippen molar-refractivity contribution >= 4 is 28.4 Å². The van der Waals surface area contributed by atoms with E-state index in [4.69, 9.17) is 10.7 Å². The highest BCUT2D eigenvalue weighted by Crippen LogP contribution is 2.26. The summed E-state index contributed by atoms with van der Waals surface area (Å²) in [6.07, 6.45) is 3.69. The second-order valence-electron chi connectivity index (χ2n) is 7.10. The first-order valence-electron chi connectivity index (χ1n) is 9.32. The van der Waals surface area contributed by atoms with Gasteiger partial charge in [-0.05, 0) is 56.0 Å². The minimum absolute atomic E-state index is 0.198. The highest BCUT2D eigenvalue weighted by molar-refractivity contribution is 5.90. The van der Waals surface area contributed by atoms with Gasteiger partial charge in [-0.25, -0.2) is 4.98 Å². The third kappa shape index (κ3) is 3.64. The molecule has 0 aliphatic carbocycles. The van der Waals surface area contributed by atoms with E-state index < -0.39 is 0 Å². The number of fused-ring (bicyclic) bond motifs is 1. The van der Waals surface area contributed by atoms with Crippen LogP contribution in [0.25, 0.3) is 10.9 Å². The Labute approximate surface area is 157 Å². The molecule has 27 heavy (non-hydrogen) atoms. The summed E-state index contributed by atoms with van der Waals surface area (Å²) in [7, 11) is 0. The van der Waals surface area contributed by atoms with Gasteiger partial charge in [0.1, 0.15) is 11.2 Å². The largest absolute Gasteiger partial charge is 0.341 e. The highest BCUT2D eigenvalue weighted by Gasteiger charge is 2.22. The summed E-state index contributed by atoms with van der Waals surface area (Å²) in [6.45, 7) is 4.51. The molecule has 0 bridgehead atoms. The van der Waals surface area contributed by atoms with Crippen molar-refractivity contribution in [1.29, 1.82) is 0 Å². The van der Waals surface area contributed by atoms with E-state index in [1.54, 1.807) is 6.20 Å². The number of nitrogens with two attached hydrogens (primary N) is 1. The van der Waals surface area contributed by atoms with Crippen LogP contribution in [0.1, 0.15) is 18.4 Å². The molecule has 140 valence electrons. The van der Waals surface area contributed by atoms with E-state index in [1.807, 2.05) is 37.3 Å². The summed E-state index contributed by atoms with van der Waals surface area (Å²) in [4.78, 5) is 26.7. The zero-order chi connectivity index (χ0) is 18.8. The average Bonchev–Trinajstić information content (AvgIpc) is 2.68. The summed E-state index contributed by atoms with van der Waals surface area (Å²) in [5.74, 6) is 1.75. The van der Waals surface area contributed by atoms with E-state index in [0.717, 1.165) is 43.7 Å². The maximum Gasteiger partial charge on any atom is 0.261 e. The van der Waals surface area contributed by atoms with Crippen molar-refractivity contribution in [2.24, 2.45) is 11.7 Å². The molecule has 2 aromatic heterocycles. The highest BCUT2D eigenvalue weighted by atomic mass is 16.1. The fourth-order valence-electron chi connectivity index (χ4n) is 3.54. The Morgan fingerprint density at radius 2 is 2.07 bits per heavy atom. The van der Waals surface area contributed by atoms with Gasteiger partial charge in [0.2, 0.25) is 5.95 Å². The van der Waals surface area contributed by atoms with Crippen LogP contribution in [0.3, 0.4) is 0 Å². The number of aromatic nitrogens is 3. The predicted molar refractivity (Wildman–Crippen MR) is 109 cm³/mol. The molecule has 7 heteroatoms. The molecule has 4 N–H and O–H groups in total. The van der Waals surface area contributed by atoms with Crippen molar-refractivity contribution in [1.82, 2.24) is 15.0 Å². The molecule has 1 aromatic carbocycles. The summed E-state index contributed by atoms with van der Waals surface area (Å²) in [5.41, 5.74) is 8.27. The van der Waals surface area contributed by atoms with Gasteiger partial charge in [0.15, 0.2) is 0 Å². The van der Waals surface area contributed by atoms with Gasteiger partial charge in [-0.15, -0.1) is 0 Å². The smallest absolute Gasteiger partial charge is 0.261 e. The monoisotopic (exact) mass is 364 g/mol. The molecular formula is C20H24N6O. The number of hydrogen-bond acceptors (Lipinski definition) is 6. The number of aryl methyl sites for hydroxylation is 1. The van der Waals surface area contributed by atoms with Crippen LogP contribution < -0.4 is 21.5 Å². The molecule has 7 nitrogen and oxygen atoms in total. The minimum atomic E-state index is -0.198. The molecule has 0 radical (unpaired) electrons. The van der Waals surface area contributed by atoms with E-state index in [-0.39, 0.29) is 5.56 Å². The maximum absolute atomic E-state index is 12.4. The van der Waals surface area contributed by atoms with Crippen molar-refractivity contribution in [2.45, 2.75) is 19.8 Å². The normalized spacial score (nSPS) is 15.3. The summed E-state index contributed by atoms with van der Waals surface area (Å²) in [6, 6.07) is 9.81. The Morgan fingerprint density at radius 1 is 1.26 bits per heavy atom. The molecule has 3 heterocycles. The van der Waals surface area contributed by atoms with Crippen LogP contribution >= 0.6 is 0 Å². The van der Waals surface area contributed by atoms with Gasteiger partial charge in [-0.3, -0.25) is 4.79 Å². The van der Waals surface area contributed by atoms with E-state index in [1.165, 1.54) is 0 Å². The van der Waals surface area contributed by atoms with Crippen molar-refractivity contribution in [3.8, 4) is 0 Å². The number of hydrogen-bond donors (Lipinski definition) is 3. The molecule has 1 fully saturated rings. The second-order valence-corrected chi connectivity index (χ2v) is 7.10. The van der Waals surface area contributed by atoms with Gasteiger partial charge >= 0.3 is 0 Å². The van der Waals surface area contributed by atoms with Crippen LogP contribution in [0.5, 0.6) is 0 Å². The number of H-pyrrole nitrogens is 1. The first kappa shape index (κ1) is 17.5. The number of anilines is 3. The Hall–Kier alpha value is -2.93. The summed E-state index contributed by atoms with van der Waals surface area (Å²) in [5, 5.41) is 3.78. The Kier molecular flexibility index (Phi) is 4.77. The zero-order valence-electron chi connectivity index (χ0n) is 15.4. The predicted octanol–water partition coefficient (Wildman–Crippen LogP) is 2.55. The second kappa shape index (κ2) is 7.36. The van der Waals surface area contributed by atoms with Crippen LogP contribution in [-0.4, -0.2) is 34.6 Å². The fourth-order valence-corrected chi connectivity index (χ4v) is 3.54. The van der Waals surface area contributed by atoms with Crippen LogP contribution in [0.15, 0.2) is 41.3 Å². The van der Waals surface area contributed by atoms with E-state index >= 15 is 0 Å². The molecule has 1 aliphatic heterocycles. The fraction of sp³-hybridized carbons (Fsp3) is 0.350. The Morgan fingerprint density at radius 3 is 2.81 bits per heavy atom. The van der Waals surface area contributed by atoms with Crippen LogP contribution in [0.4, 0.5) is 17.5 Å². The molecule has 0 saturated carbocycles. The SMILES string of the molecule is Cc1cccc(Nc2nc(N3CCC(CN)CC3)nc3cc[nH]c(=O)c23)c1. The lowest BCUT2D eigenvalue weighted by atomic mass is 9.97. The van der Waals surface area contributed by atoms with Crippen molar-refractivity contribution in [2.75, 3.05) is 29.9 Å². The van der Waals surface area contributed by atoms with E-state index in [2.05, 4.69) is 20.2 Å². The third-order valence-electron chi connectivity index (χ3n) is 5.12. The molecule has 0 amide bonds. The molecule has 0 atom stereocenters. The van der Waals surface area contributed by atoms with Gasteiger partial charge < -0.3 is 20.9 Å². The number of nitrogens with one attached hydrogen (secondary N) is 2. The van der Waals surface area contributed by atoms with Gasteiger partial charge in [-0.1, -0.05) is 12.1 Å². The van der Waals surface area contributed by atoms with E-state index in [9.17, 15) is 4.79 Å². The van der Waals surface area contributed by atoms with Crippen molar-refractivity contribution < 1.29 is 0 Å². The first-order chi connectivity index (χ1) is 13.1. The number of pyridine rings is 1. The molecule has 1 saturated heterocycles. The quantitative estimate of drug-likeness (QED) is 0.658. The number of piperidine rings is 1. The van der Waals surface area contributed by atoms with E-state index in [0.29, 0.717) is 28.6 Å². The summed E-state index contributed by atoms with van der Waals surface area (Å²) < 4.78 is 0. The molecule has 4 rings (SSSR count). The lowest BCUT2D eigenvalue weighted by Crippen LogP contribution is -2.37. The van der Waals surface area contributed by atoms with Crippen molar-refractivity contribution in [3.05, 3.63) is 52.4 Å². The van der Waals surface area contributed by atoms with Crippen LogP contribution in [-0.2, 0) is 0 Å². The Balaban J connectivity index is 1.75. The molecule has 0 spiro atoms. The van der Waals surface area contributed by atoms with Gasteiger partial charge in [0.05, 0.1) is 5.52 Å². The Bertz CT molecular complexity index is 1010. The van der Waals surface area contributed by atoms with Gasteiger partial charge in [0, 0.05) is 25.0 Å². The zero-order valence-corrected chi connectivity index (χ0v) is 15.4. The van der Waals surface area contributed by atoms with Crippen molar-refractivity contribution in [3.63, 3.8) is 0 Å². The lowest BCUT2D eigenvalue weighted by molar-refractivity contribution is 0.411. The lowest BCUT2D eigenvalue weighted by Gasteiger charge is -2.31. The molecule has 0 unspecified atom stereocenters. The number of aromatic amines is 1.